The van der Waals surface area contributed by atoms with E-state index in [1.54, 1.807) is 11.4 Å². The van der Waals surface area contributed by atoms with Gasteiger partial charge in [0, 0.05) is 4.90 Å². The fraction of sp³-hybridized carbons (Fsp3) is 0.292. The van der Waals surface area contributed by atoms with Crippen LogP contribution >= 0.6 is 23.3 Å². The summed E-state index contributed by atoms with van der Waals surface area (Å²) >= 11 is 2.63. The van der Waals surface area contributed by atoms with Crippen LogP contribution in [-0.4, -0.2) is 11.1 Å². The molecule has 0 bridgehead atoms. The largest absolute Gasteiger partial charge is 0.477 e. The highest BCUT2D eigenvalue weighted by molar-refractivity contribution is 8.00. The summed E-state index contributed by atoms with van der Waals surface area (Å²) in [5, 5.41) is 11.0. The first-order chi connectivity index (χ1) is 13.7. The van der Waals surface area contributed by atoms with Crippen LogP contribution in [0.15, 0.2) is 64.9 Å². The predicted molar refractivity (Wildman–Crippen MR) is 130 cm³/mol. The average Bonchev–Trinajstić information content (AvgIpc) is 3.15. The number of allylic oxidation sites excluding steroid dienone is 4. The number of carbonyl (C=O) groups is 1. The summed E-state index contributed by atoms with van der Waals surface area (Å²) in [5.74, 6) is -0.918. The highest BCUT2D eigenvalue weighted by atomic mass is 32.2. The molecule has 0 fully saturated rings. The van der Waals surface area contributed by atoms with Gasteiger partial charge in [-0.15, -0.1) is 11.3 Å². The quantitative estimate of drug-likeness (QED) is 0.345. The van der Waals surface area contributed by atoms with E-state index in [-0.39, 0.29) is 5.41 Å². The smallest absolute Gasteiger partial charge is 0.348 e. The molecule has 2 aromatic rings. The number of carboxylic acid groups (broad SMARTS) is 1. The molecule has 0 unspecified atom stereocenters. The third-order valence-corrected chi connectivity index (χ3v) is 5.68. The first-order valence-corrected chi connectivity index (χ1v) is 11.3. The lowest BCUT2D eigenvalue weighted by atomic mass is 9.86. The molecule has 2 N–H and O–H groups in total. The number of carboxylic acids is 1. The van der Waals surface area contributed by atoms with Crippen LogP contribution in [0.3, 0.4) is 0 Å². The number of benzene rings is 1. The topological polar surface area (TPSA) is 49.3 Å². The molecule has 0 spiro atoms. The van der Waals surface area contributed by atoms with Gasteiger partial charge < -0.3 is 9.83 Å². The molecule has 0 atom stereocenters. The Balaban J connectivity index is 0.00000204. The van der Waals surface area contributed by atoms with Crippen LogP contribution in [0.4, 0.5) is 5.69 Å². The number of nitrogens with one attached hydrogen (secondary N) is 1. The van der Waals surface area contributed by atoms with E-state index in [0.29, 0.717) is 10.6 Å². The van der Waals surface area contributed by atoms with Gasteiger partial charge in [0.25, 0.3) is 0 Å². The van der Waals surface area contributed by atoms with Crippen molar-refractivity contribution in [1.29, 1.82) is 0 Å². The van der Waals surface area contributed by atoms with Crippen molar-refractivity contribution < 1.29 is 9.90 Å². The summed E-state index contributed by atoms with van der Waals surface area (Å²) in [7, 11) is 0. The number of hydrogen-bond donors (Lipinski definition) is 2. The maximum atomic E-state index is 11.3. The van der Waals surface area contributed by atoms with Crippen molar-refractivity contribution in [2.24, 2.45) is 0 Å². The van der Waals surface area contributed by atoms with Gasteiger partial charge in [-0.1, -0.05) is 77.6 Å². The normalized spacial score (nSPS) is 11.4. The molecule has 1 aromatic heterocycles. The highest BCUT2D eigenvalue weighted by Crippen LogP contribution is 2.33. The van der Waals surface area contributed by atoms with E-state index in [2.05, 4.69) is 50.3 Å². The average molecular weight is 430 g/mol. The molecular weight excluding hydrogens is 398 g/mol. The Labute approximate surface area is 183 Å². The van der Waals surface area contributed by atoms with Gasteiger partial charge in [0.1, 0.15) is 4.88 Å². The molecule has 0 saturated heterocycles. The minimum absolute atomic E-state index is 0.0450. The second-order valence-electron chi connectivity index (χ2n) is 7.08. The van der Waals surface area contributed by atoms with E-state index < -0.39 is 5.97 Å². The van der Waals surface area contributed by atoms with Gasteiger partial charge >= 0.3 is 5.97 Å². The van der Waals surface area contributed by atoms with Crippen molar-refractivity contribution >= 4 is 41.0 Å². The Bertz CT molecular complexity index is 887. The van der Waals surface area contributed by atoms with Gasteiger partial charge in [-0.2, -0.15) is 0 Å². The molecule has 0 aliphatic heterocycles. The fourth-order valence-corrected chi connectivity index (χ4v) is 3.89. The maximum Gasteiger partial charge on any atom is 0.348 e. The van der Waals surface area contributed by atoms with E-state index >= 15 is 0 Å². The number of thiophene rings is 1. The van der Waals surface area contributed by atoms with Crippen LogP contribution < -0.4 is 4.72 Å². The van der Waals surface area contributed by atoms with Crippen molar-refractivity contribution in [1.82, 2.24) is 0 Å². The van der Waals surface area contributed by atoms with Gasteiger partial charge in [0.05, 0.1) is 5.69 Å². The predicted octanol–water partition coefficient (Wildman–Crippen LogP) is 8.03. The zero-order valence-corrected chi connectivity index (χ0v) is 19.7. The van der Waals surface area contributed by atoms with E-state index in [1.165, 1.54) is 28.8 Å². The highest BCUT2D eigenvalue weighted by Gasteiger charge is 2.16. The minimum Gasteiger partial charge on any atom is -0.477 e. The van der Waals surface area contributed by atoms with Crippen LogP contribution in [0.25, 0.3) is 6.08 Å². The summed E-state index contributed by atoms with van der Waals surface area (Å²) in [4.78, 5) is 12.6. The van der Waals surface area contributed by atoms with Gasteiger partial charge in [-0.3, -0.25) is 0 Å². The van der Waals surface area contributed by atoms with Crippen LogP contribution in [-0.2, 0) is 5.41 Å². The number of aromatic carboxylic acids is 1. The molecular formula is C24H31NO2S2. The second-order valence-corrected chi connectivity index (χ2v) is 8.85. The van der Waals surface area contributed by atoms with Gasteiger partial charge in [-0.05, 0) is 58.5 Å². The molecule has 0 amide bonds. The van der Waals surface area contributed by atoms with Crippen molar-refractivity contribution in [3.05, 3.63) is 76.0 Å². The molecule has 0 saturated carbocycles. The summed E-state index contributed by atoms with van der Waals surface area (Å²) in [6.45, 7) is 16.5. The lowest BCUT2D eigenvalue weighted by Crippen LogP contribution is -2.11. The van der Waals surface area contributed by atoms with Crippen molar-refractivity contribution in [2.75, 3.05) is 4.72 Å². The zero-order chi connectivity index (χ0) is 22.0. The number of hydrogen-bond acceptors (Lipinski definition) is 4. The summed E-state index contributed by atoms with van der Waals surface area (Å²) in [5.41, 5.74) is 3.89. The van der Waals surface area contributed by atoms with E-state index in [9.17, 15) is 9.90 Å². The Morgan fingerprint density at radius 3 is 2.48 bits per heavy atom. The van der Waals surface area contributed by atoms with Crippen LogP contribution in [0.5, 0.6) is 0 Å². The first-order valence-electron chi connectivity index (χ1n) is 9.60. The molecule has 1 heterocycles. The Morgan fingerprint density at radius 1 is 1.21 bits per heavy atom. The summed E-state index contributed by atoms with van der Waals surface area (Å²) in [6, 6.07) is 8.15. The van der Waals surface area contributed by atoms with E-state index in [0.717, 1.165) is 16.0 Å². The third-order valence-electron chi connectivity index (χ3n) is 3.86. The molecule has 0 radical (unpaired) electrons. The monoisotopic (exact) mass is 429 g/mol. The molecule has 29 heavy (non-hydrogen) atoms. The van der Waals surface area contributed by atoms with Crippen LogP contribution in [0, 0.1) is 0 Å². The Kier molecular flexibility index (Phi) is 9.99. The number of anilines is 1. The molecule has 5 heteroatoms. The second kappa shape index (κ2) is 11.7. The van der Waals surface area contributed by atoms with Crippen LogP contribution in [0.1, 0.15) is 62.3 Å². The maximum absolute atomic E-state index is 11.3. The molecule has 1 aromatic carbocycles. The molecule has 3 nitrogen and oxygen atoms in total. The van der Waals surface area contributed by atoms with Crippen molar-refractivity contribution in [3.63, 3.8) is 0 Å². The molecule has 156 valence electrons. The lowest BCUT2D eigenvalue weighted by Gasteiger charge is -2.20. The van der Waals surface area contributed by atoms with Gasteiger partial charge in [0.15, 0.2) is 0 Å². The SMILES string of the molecule is C=C(/C=C\C)/C=C/c1cc(C(C)(C)C)ccc1SNc1ccsc1C(=O)O.CC. The fourth-order valence-electron chi connectivity index (χ4n) is 2.37. The van der Waals surface area contributed by atoms with Crippen molar-refractivity contribution in [2.45, 2.75) is 51.9 Å². The van der Waals surface area contributed by atoms with Crippen LogP contribution in [0.2, 0.25) is 0 Å². The van der Waals surface area contributed by atoms with Gasteiger partial charge in [0.2, 0.25) is 0 Å². The standard InChI is InChI=1S/C22H25NO2S2.C2H6/c1-6-7-15(2)8-9-16-14-17(22(3,4)5)10-11-19(16)27-23-18-12-13-26-20(18)21(24)25;1-2/h6-14,23H,2H2,1,3-5H3,(H,24,25);1-2H3/b7-6-,9-8+;. The van der Waals surface area contributed by atoms with E-state index in [4.69, 9.17) is 0 Å². The lowest BCUT2D eigenvalue weighted by molar-refractivity contribution is 0.0703. The van der Waals surface area contributed by atoms with Gasteiger partial charge in [-0.25, -0.2) is 4.79 Å². The van der Waals surface area contributed by atoms with E-state index in [1.807, 2.05) is 45.1 Å². The first kappa shape index (κ1) is 24.8. The minimum atomic E-state index is -0.918. The Hall–Kier alpha value is -2.24. The molecule has 0 aliphatic rings. The van der Waals surface area contributed by atoms with Crippen molar-refractivity contribution in [3.8, 4) is 0 Å². The summed E-state index contributed by atoms with van der Waals surface area (Å²) in [6.07, 6.45) is 7.95. The molecule has 0 aliphatic carbocycles. The molecule has 2 rings (SSSR count). The number of rotatable bonds is 7. The Morgan fingerprint density at radius 2 is 1.90 bits per heavy atom. The third kappa shape index (κ3) is 7.59. The summed E-state index contributed by atoms with van der Waals surface area (Å²) < 4.78 is 3.18. The zero-order valence-electron chi connectivity index (χ0n) is 18.1.